The molecule has 0 saturated carbocycles. The molecule has 1 heterocycles. The highest BCUT2D eigenvalue weighted by Crippen LogP contribution is 2.29. The normalized spacial score (nSPS) is 13.7. The Labute approximate surface area is 150 Å². The van der Waals surface area contributed by atoms with Gasteiger partial charge in [0.25, 0.3) is 17.7 Å². The van der Waals surface area contributed by atoms with E-state index in [9.17, 15) is 19.2 Å². The zero-order chi connectivity index (χ0) is 18.8. The molecule has 0 unspecified atom stereocenters. The average molecular weight is 366 g/mol. The maximum absolute atomic E-state index is 12.5. The molecule has 0 spiro atoms. The van der Waals surface area contributed by atoms with Crippen molar-refractivity contribution in [3.05, 3.63) is 34.9 Å². The maximum Gasteiger partial charge on any atom is 0.262 e. The van der Waals surface area contributed by atoms with Gasteiger partial charge in [0.1, 0.15) is 5.88 Å². The summed E-state index contributed by atoms with van der Waals surface area (Å²) in [6.07, 6.45) is 0. The van der Waals surface area contributed by atoms with Crippen molar-refractivity contribution in [3.8, 4) is 0 Å². The Morgan fingerprint density at radius 3 is 2.24 bits per heavy atom. The number of amides is 4. The Bertz CT molecular complexity index is 740. The molecule has 0 atom stereocenters. The van der Waals surface area contributed by atoms with E-state index in [1.807, 2.05) is 0 Å². The molecule has 0 fully saturated rings. The lowest BCUT2D eigenvalue weighted by Gasteiger charge is -2.29. The lowest BCUT2D eigenvalue weighted by molar-refractivity contribution is -0.118. The van der Waals surface area contributed by atoms with Crippen LogP contribution >= 0.6 is 11.6 Å². The van der Waals surface area contributed by atoms with Crippen molar-refractivity contribution in [2.24, 2.45) is 0 Å². The van der Waals surface area contributed by atoms with Gasteiger partial charge in [-0.3, -0.25) is 24.1 Å². The van der Waals surface area contributed by atoms with E-state index in [0.29, 0.717) is 5.56 Å². The first kappa shape index (κ1) is 18.9. The summed E-state index contributed by atoms with van der Waals surface area (Å²) >= 11 is 5.35. The van der Waals surface area contributed by atoms with Crippen molar-refractivity contribution in [1.82, 2.24) is 15.5 Å². The van der Waals surface area contributed by atoms with Gasteiger partial charge in [-0.15, -0.1) is 11.6 Å². The summed E-state index contributed by atoms with van der Waals surface area (Å²) < 4.78 is 0. The first-order chi connectivity index (χ1) is 11.7. The highest BCUT2D eigenvalue weighted by Gasteiger charge is 2.42. The third-order valence-corrected chi connectivity index (χ3v) is 3.92. The Balaban J connectivity index is 2.09. The molecule has 0 radical (unpaired) electrons. The molecule has 0 saturated heterocycles. The molecule has 1 aliphatic rings. The van der Waals surface area contributed by atoms with E-state index in [2.05, 4.69) is 10.6 Å². The van der Waals surface area contributed by atoms with Gasteiger partial charge in [0, 0.05) is 24.2 Å². The first-order valence-electron chi connectivity index (χ1n) is 7.80. The van der Waals surface area contributed by atoms with E-state index in [1.54, 1.807) is 20.8 Å². The summed E-state index contributed by atoms with van der Waals surface area (Å²) in [5.41, 5.74) is 0.157. The predicted octanol–water partition coefficient (Wildman–Crippen LogP) is 1.17. The maximum atomic E-state index is 12.5. The zero-order valence-electron chi connectivity index (χ0n) is 14.3. The number of nitrogens with zero attached hydrogens (tertiary/aromatic N) is 1. The summed E-state index contributed by atoms with van der Waals surface area (Å²) in [6, 6.07) is 4.42. The largest absolute Gasteiger partial charge is 0.353 e. The summed E-state index contributed by atoms with van der Waals surface area (Å²) in [6.45, 7) is 5.79. The van der Waals surface area contributed by atoms with Gasteiger partial charge >= 0.3 is 0 Å². The number of nitrogens with one attached hydrogen (secondary N) is 2. The number of fused-ring (bicyclic) bond motifs is 1. The number of imide groups is 1. The molecule has 0 aliphatic carbocycles. The highest BCUT2D eigenvalue weighted by atomic mass is 35.5. The van der Waals surface area contributed by atoms with Crippen LogP contribution in [0.5, 0.6) is 0 Å². The van der Waals surface area contributed by atoms with Gasteiger partial charge < -0.3 is 10.6 Å². The van der Waals surface area contributed by atoms with Crippen LogP contribution in [0.3, 0.4) is 0 Å². The lowest BCUT2D eigenvalue weighted by atomic mass is 10.1. The van der Waals surface area contributed by atoms with Crippen LogP contribution in [-0.2, 0) is 4.79 Å². The van der Waals surface area contributed by atoms with Crippen molar-refractivity contribution >= 4 is 35.2 Å². The Morgan fingerprint density at radius 1 is 1.04 bits per heavy atom. The van der Waals surface area contributed by atoms with E-state index < -0.39 is 17.4 Å². The van der Waals surface area contributed by atoms with Crippen LogP contribution in [0.2, 0.25) is 0 Å². The monoisotopic (exact) mass is 365 g/mol. The SMILES string of the molecule is CC(C)(C)N1C(=O)c2ccc(C(=O)NCCNC(=O)CCl)cc2C1=O. The van der Waals surface area contributed by atoms with Crippen LogP contribution in [0.1, 0.15) is 51.8 Å². The fraction of sp³-hybridized carbons (Fsp3) is 0.412. The topological polar surface area (TPSA) is 95.6 Å². The molecule has 8 heteroatoms. The fourth-order valence-electron chi connectivity index (χ4n) is 2.52. The molecule has 1 aromatic carbocycles. The Morgan fingerprint density at radius 2 is 1.64 bits per heavy atom. The van der Waals surface area contributed by atoms with Crippen LogP contribution in [-0.4, -0.2) is 53.0 Å². The van der Waals surface area contributed by atoms with E-state index in [1.165, 1.54) is 23.1 Å². The summed E-state index contributed by atoms with van der Waals surface area (Å²) in [5.74, 6) is -1.61. The van der Waals surface area contributed by atoms with Gasteiger partial charge in [0.2, 0.25) is 5.91 Å². The second kappa shape index (κ2) is 7.23. The number of hydrogen-bond acceptors (Lipinski definition) is 4. The van der Waals surface area contributed by atoms with Gasteiger partial charge in [-0.2, -0.15) is 0 Å². The second-order valence-electron chi connectivity index (χ2n) is 6.62. The van der Waals surface area contributed by atoms with Crippen LogP contribution in [0.25, 0.3) is 0 Å². The molecule has 1 aliphatic heterocycles. The molecule has 2 N–H and O–H groups in total. The van der Waals surface area contributed by atoms with Crippen molar-refractivity contribution in [3.63, 3.8) is 0 Å². The number of benzene rings is 1. The van der Waals surface area contributed by atoms with Crippen molar-refractivity contribution < 1.29 is 19.2 Å². The molecule has 25 heavy (non-hydrogen) atoms. The third-order valence-electron chi connectivity index (χ3n) is 3.67. The Hall–Kier alpha value is -2.41. The molecular weight excluding hydrogens is 346 g/mol. The molecule has 7 nitrogen and oxygen atoms in total. The third kappa shape index (κ3) is 3.99. The standard InChI is InChI=1S/C17H20ClN3O4/c1-17(2,3)21-15(24)11-5-4-10(8-12(11)16(21)25)14(23)20-7-6-19-13(22)9-18/h4-5,8H,6-7,9H2,1-3H3,(H,19,22)(H,20,23). The first-order valence-corrected chi connectivity index (χ1v) is 8.34. The van der Waals surface area contributed by atoms with Crippen molar-refractivity contribution in [2.75, 3.05) is 19.0 Å². The quantitative estimate of drug-likeness (QED) is 0.465. The minimum Gasteiger partial charge on any atom is -0.353 e. The molecule has 0 bridgehead atoms. The van der Waals surface area contributed by atoms with Crippen molar-refractivity contribution in [1.29, 1.82) is 0 Å². The van der Waals surface area contributed by atoms with Gasteiger partial charge in [-0.25, -0.2) is 0 Å². The highest BCUT2D eigenvalue weighted by molar-refractivity contribution is 6.27. The fourth-order valence-corrected chi connectivity index (χ4v) is 2.61. The number of hydrogen-bond donors (Lipinski definition) is 2. The van der Waals surface area contributed by atoms with Crippen LogP contribution in [0.15, 0.2) is 18.2 Å². The smallest absolute Gasteiger partial charge is 0.262 e. The molecule has 134 valence electrons. The van der Waals surface area contributed by atoms with Gasteiger partial charge in [-0.1, -0.05) is 0 Å². The van der Waals surface area contributed by atoms with Crippen LogP contribution < -0.4 is 10.6 Å². The molecule has 2 rings (SSSR count). The van der Waals surface area contributed by atoms with Gasteiger partial charge in [0.05, 0.1) is 11.1 Å². The Kier molecular flexibility index (Phi) is 5.47. The average Bonchev–Trinajstić information content (AvgIpc) is 2.81. The molecule has 4 amide bonds. The lowest BCUT2D eigenvalue weighted by Crippen LogP contribution is -2.45. The van der Waals surface area contributed by atoms with Crippen LogP contribution in [0.4, 0.5) is 0 Å². The van der Waals surface area contributed by atoms with E-state index in [0.717, 1.165) is 0 Å². The number of carbonyl (C=O) groups excluding carboxylic acids is 4. The summed E-state index contributed by atoms with van der Waals surface area (Å²) in [5, 5.41) is 5.16. The minimum atomic E-state index is -0.643. The number of rotatable bonds is 5. The number of alkyl halides is 1. The van der Waals surface area contributed by atoms with Crippen molar-refractivity contribution in [2.45, 2.75) is 26.3 Å². The zero-order valence-corrected chi connectivity index (χ0v) is 15.1. The molecular formula is C17H20ClN3O4. The minimum absolute atomic E-state index is 0.140. The van der Waals surface area contributed by atoms with E-state index in [-0.39, 0.29) is 41.9 Å². The molecule has 0 aromatic heterocycles. The van der Waals surface area contributed by atoms with E-state index in [4.69, 9.17) is 11.6 Å². The summed E-state index contributed by atoms with van der Waals surface area (Å²) in [4.78, 5) is 49.3. The van der Waals surface area contributed by atoms with Gasteiger partial charge in [0.15, 0.2) is 0 Å². The number of carbonyl (C=O) groups is 4. The van der Waals surface area contributed by atoms with Gasteiger partial charge in [-0.05, 0) is 39.0 Å². The number of halogens is 1. The second-order valence-corrected chi connectivity index (χ2v) is 6.88. The van der Waals surface area contributed by atoms with Crippen LogP contribution in [0, 0.1) is 0 Å². The molecule has 1 aromatic rings. The summed E-state index contributed by atoms with van der Waals surface area (Å²) in [7, 11) is 0. The predicted molar refractivity (Wildman–Crippen MR) is 92.8 cm³/mol. The van der Waals surface area contributed by atoms with E-state index >= 15 is 0 Å².